The lowest BCUT2D eigenvalue weighted by atomic mass is 9.88. The van der Waals surface area contributed by atoms with E-state index in [1.165, 1.54) is 19.3 Å². The Kier molecular flexibility index (Phi) is 5.00. The summed E-state index contributed by atoms with van der Waals surface area (Å²) in [6, 6.07) is 0. The SMILES string of the molecule is CCCNc1ncc(C)c(OC2CCCCC2C)n1. The van der Waals surface area contributed by atoms with Crippen LogP contribution >= 0.6 is 0 Å². The molecule has 0 aromatic carbocycles. The molecular formula is C15H25N3O. The Hall–Kier alpha value is -1.32. The van der Waals surface area contributed by atoms with E-state index in [0.717, 1.165) is 30.8 Å². The van der Waals surface area contributed by atoms with Crippen molar-refractivity contribution in [3.63, 3.8) is 0 Å². The summed E-state index contributed by atoms with van der Waals surface area (Å²) in [6.45, 7) is 7.30. The summed E-state index contributed by atoms with van der Waals surface area (Å²) in [5.74, 6) is 2.04. The number of aromatic nitrogens is 2. The molecule has 2 rings (SSSR count). The van der Waals surface area contributed by atoms with Crippen LogP contribution in [0.1, 0.15) is 51.5 Å². The minimum absolute atomic E-state index is 0.307. The zero-order valence-corrected chi connectivity index (χ0v) is 12.3. The van der Waals surface area contributed by atoms with Gasteiger partial charge in [-0.3, -0.25) is 0 Å². The molecular weight excluding hydrogens is 238 g/mol. The van der Waals surface area contributed by atoms with Crippen LogP contribution in [0.4, 0.5) is 5.95 Å². The van der Waals surface area contributed by atoms with E-state index in [1.807, 2.05) is 13.1 Å². The van der Waals surface area contributed by atoms with Crippen molar-refractivity contribution in [2.24, 2.45) is 5.92 Å². The van der Waals surface area contributed by atoms with Gasteiger partial charge in [-0.25, -0.2) is 4.98 Å². The van der Waals surface area contributed by atoms with E-state index in [1.54, 1.807) is 0 Å². The summed E-state index contributed by atoms with van der Waals surface area (Å²) in [5, 5.41) is 3.21. The Labute approximate surface area is 116 Å². The summed E-state index contributed by atoms with van der Waals surface area (Å²) in [6.07, 6.45) is 8.20. The first-order valence-electron chi connectivity index (χ1n) is 7.45. The van der Waals surface area contributed by atoms with Crippen molar-refractivity contribution in [3.05, 3.63) is 11.8 Å². The number of nitrogens with zero attached hydrogens (tertiary/aromatic N) is 2. The Bertz CT molecular complexity index is 408. The summed E-state index contributed by atoms with van der Waals surface area (Å²) >= 11 is 0. The number of aryl methyl sites for hydroxylation is 1. The summed E-state index contributed by atoms with van der Waals surface area (Å²) < 4.78 is 6.13. The van der Waals surface area contributed by atoms with Crippen LogP contribution in [0.25, 0.3) is 0 Å². The van der Waals surface area contributed by atoms with Crippen LogP contribution in [-0.2, 0) is 0 Å². The number of nitrogens with one attached hydrogen (secondary N) is 1. The van der Waals surface area contributed by atoms with Gasteiger partial charge in [0.05, 0.1) is 0 Å². The van der Waals surface area contributed by atoms with Crippen molar-refractivity contribution in [1.29, 1.82) is 0 Å². The molecule has 0 radical (unpaired) electrons. The second kappa shape index (κ2) is 6.73. The minimum atomic E-state index is 0.307. The molecule has 0 spiro atoms. The van der Waals surface area contributed by atoms with Crippen LogP contribution in [0.5, 0.6) is 5.88 Å². The first kappa shape index (κ1) is 14.1. The van der Waals surface area contributed by atoms with E-state index in [2.05, 4.69) is 29.1 Å². The highest BCUT2D eigenvalue weighted by Gasteiger charge is 2.24. The minimum Gasteiger partial charge on any atom is -0.474 e. The number of hydrogen-bond donors (Lipinski definition) is 1. The first-order chi connectivity index (χ1) is 9.20. The Morgan fingerprint density at radius 2 is 2.16 bits per heavy atom. The monoisotopic (exact) mass is 263 g/mol. The third kappa shape index (κ3) is 3.82. The largest absolute Gasteiger partial charge is 0.474 e. The molecule has 4 heteroatoms. The molecule has 0 aliphatic heterocycles. The Morgan fingerprint density at radius 1 is 1.37 bits per heavy atom. The smallest absolute Gasteiger partial charge is 0.225 e. The third-order valence-electron chi connectivity index (χ3n) is 3.75. The van der Waals surface area contributed by atoms with Gasteiger partial charge in [-0.2, -0.15) is 4.98 Å². The van der Waals surface area contributed by atoms with Crippen LogP contribution in [-0.4, -0.2) is 22.6 Å². The van der Waals surface area contributed by atoms with Crippen LogP contribution in [0, 0.1) is 12.8 Å². The average Bonchev–Trinajstić information content (AvgIpc) is 2.42. The number of ether oxygens (including phenoxy) is 1. The van der Waals surface area contributed by atoms with Gasteiger partial charge in [-0.1, -0.05) is 20.3 Å². The van der Waals surface area contributed by atoms with E-state index in [4.69, 9.17) is 4.74 Å². The van der Waals surface area contributed by atoms with E-state index >= 15 is 0 Å². The summed E-state index contributed by atoms with van der Waals surface area (Å²) in [5.41, 5.74) is 1.01. The zero-order valence-electron chi connectivity index (χ0n) is 12.3. The standard InChI is InChI=1S/C15H25N3O/c1-4-9-16-15-17-10-12(3)14(18-15)19-13-8-6-5-7-11(13)2/h10-11,13H,4-9H2,1-3H3,(H,16,17,18). The van der Waals surface area contributed by atoms with Crippen molar-refractivity contribution in [1.82, 2.24) is 9.97 Å². The lowest BCUT2D eigenvalue weighted by Gasteiger charge is -2.29. The topological polar surface area (TPSA) is 47.0 Å². The molecule has 106 valence electrons. The molecule has 4 nitrogen and oxygen atoms in total. The molecule has 19 heavy (non-hydrogen) atoms. The molecule has 2 atom stereocenters. The van der Waals surface area contributed by atoms with Crippen LogP contribution in [0.2, 0.25) is 0 Å². The quantitative estimate of drug-likeness (QED) is 0.882. The lowest BCUT2D eigenvalue weighted by molar-refractivity contribution is 0.0968. The Balaban J connectivity index is 2.05. The molecule has 1 aromatic heterocycles. The molecule has 0 saturated heterocycles. The highest BCUT2D eigenvalue weighted by atomic mass is 16.5. The maximum atomic E-state index is 6.13. The molecule has 1 aliphatic carbocycles. The van der Waals surface area contributed by atoms with E-state index in [0.29, 0.717) is 18.0 Å². The third-order valence-corrected chi connectivity index (χ3v) is 3.75. The van der Waals surface area contributed by atoms with E-state index in [9.17, 15) is 0 Å². The predicted molar refractivity (Wildman–Crippen MR) is 77.6 cm³/mol. The van der Waals surface area contributed by atoms with Crippen LogP contribution < -0.4 is 10.1 Å². The van der Waals surface area contributed by atoms with Gasteiger partial charge < -0.3 is 10.1 Å². The fourth-order valence-electron chi connectivity index (χ4n) is 2.47. The maximum absolute atomic E-state index is 6.13. The zero-order chi connectivity index (χ0) is 13.7. The van der Waals surface area contributed by atoms with E-state index < -0.39 is 0 Å². The Morgan fingerprint density at radius 3 is 2.89 bits per heavy atom. The average molecular weight is 263 g/mol. The summed E-state index contributed by atoms with van der Waals surface area (Å²) in [7, 11) is 0. The number of rotatable bonds is 5. The molecule has 2 unspecified atom stereocenters. The van der Waals surface area contributed by atoms with Crippen molar-refractivity contribution in [2.45, 2.75) is 59.0 Å². The molecule has 1 saturated carbocycles. The molecule has 1 heterocycles. The fourth-order valence-corrected chi connectivity index (χ4v) is 2.47. The number of anilines is 1. The van der Waals surface area contributed by atoms with Gasteiger partial charge in [-0.05, 0) is 38.5 Å². The molecule has 0 amide bonds. The molecule has 1 aliphatic rings. The van der Waals surface area contributed by atoms with Crippen molar-refractivity contribution >= 4 is 5.95 Å². The lowest BCUT2D eigenvalue weighted by Crippen LogP contribution is -2.29. The highest BCUT2D eigenvalue weighted by Crippen LogP contribution is 2.28. The fraction of sp³-hybridized carbons (Fsp3) is 0.733. The van der Waals surface area contributed by atoms with Gasteiger partial charge in [0.1, 0.15) is 6.10 Å². The van der Waals surface area contributed by atoms with Crippen molar-refractivity contribution < 1.29 is 4.74 Å². The van der Waals surface area contributed by atoms with Gasteiger partial charge in [-0.15, -0.1) is 0 Å². The van der Waals surface area contributed by atoms with Crippen LogP contribution in [0.15, 0.2) is 6.20 Å². The van der Waals surface area contributed by atoms with Crippen molar-refractivity contribution in [3.8, 4) is 5.88 Å². The first-order valence-corrected chi connectivity index (χ1v) is 7.45. The predicted octanol–water partition coefficient (Wildman–Crippen LogP) is 3.56. The van der Waals surface area contributed by atoms with Crippen LogP contribution in [0.3, 0.4) is 0 Å². The maximum Gasteiger partial charge on any atom is 0.225 e. The van der Waals surface area contributed by atoms with Gasteiger partial charge in [0.2, 0.25) is 11.8 Å². The second-order valence-corrected chi connectivity index (χ2v) is 5.53. The summed E-state index contributed by atoms with van der Waals surface area (Å²) in [4.78, 5) is 8.78. The second-order valence-electron chi connectivity index (χ2n) is 5.53. The molecule has 1 aromatic rings. The number of hydrogen-bond acceptors (Lipinski definition) is 4. The van der Waals surface area contributed by atoms with Gasteiger partial charge in [0, 0.05) is 18.3 Å². The van der Waals surface area contributed by atoms with Crippen molar-refractivity contribution in [2.75, 3.05) is 11.9 Å². The van der Waals surface area contributed by atoms with Gasteiger partial charge >= 0.3 is 0 Å². The van der Waals surface area contributed by atoms with Gasteiger partial charge in [0.15, 0.2) is 0 Å². The highest BCUT2D eigenvalue weighted by molar-refractivity contribution is 5.32. The molecule has 0 bridgehead atoms. The molecule has 1 fully saturated rings. The molecule has 1 N–H and O–H groups in total. The van der Waals surface area contributed by atoms with Gasteiger partial charge in [0.25, 0.3) is 0 Å². The normalized spacial score (nSPS) is 23.1. The van der Waals surface area contributed by atoms with E-state index in [-0.39, 0.29) is 0 Å².